The van der Waals surface area contributed by atoms with Gasteiger partial charge in [0.05, 0.1) is 20.3 Å². The maximum absolute atomic E-state index is 12.2. The lowest BCUT2D eigenvalue weighted by Gasteiger charge is -2.23. The zero-order valence-corrected chi connectivity index (χ0v) is 14.3. The Morgan fingerprint density at radius 2 is 1.95 bits per heavy atom. The number of hydrogen-bond donors (Lipinski definition) is 1. The first-order valence-electron chi connectivity index (χ1n) is 7.72. The lowest BCUT2D eigenvalue weighted by Crippen LogP contribution is -2.43. The molecule has 1 unspecified atom stereocenters. The highest BCUT2D eigenvalue weighted by molar-refractivity contribution is 5.81. The Bertz CT molecular complexity index is 477. The summed E-state index contributed by atoms with van der Waals surface area (Å²) in [6.07, 6.45) is 2.23. The number of ether oxygens (including phenoxy) is 2. The molecule has 0 saturated carbocycles. The second kappa shape index (κ2) is 9.30. The van der Waals surface area contributed by atoms with Crippen LogP contribution in [0.25, 0.3) is 0 Å². The molecule has 0 heterocycles. The molecule has 0 saturated heterocycles. The Kier molecular flexibility index (Phi) is 7.74. The largest absolute Gasteiger partial charge is 0.493 e. The number of benzene rings is 1. The van der Waals surface area contributed by atoms with Crippen LogP contribution in [0.5, 0.6) is 11.5 Å². The topological polar surface area (TPSA) is 50.8 Å². The molecule has 1 rings (SSSR count). The third kappa shape index (κ3) is 5.22. The molecule has 0 aliphatic rings. The van der Waals surface area contributed by atoms with E-state index in [4.69, 9.17) is 9.47 Å². The highest BCUT2D eigenvalue weighted by Gasteiger charge is 2.17. The van der Waals surface area contributed by atoms with Crippen LogP contribution in [0.15, 0.2) is 18.2 Å². The van der Waals surface area contributed by atoms with Crippen molar-refractivity contribution in [3.8, 4) is 11.5 Å². The van der Waals surface area contributed by atoms with Gasteiger partial charge in [0.25, 0.3) is 0 Å². The van der Waals surface area contributed by atoms with E-state index in [0.29, 0.717) is 18.0 Å². The molecule has 1 atom stereocenters. The molecule has 1 N–H and O–H groups in total. The number of amides is 1. The normalized spacial score (nSPS) is 12.1. The maximum atomic E-state index is 12.2. The summed E-state index contributed by atoms with van der Waals surface area (Å²) in [7, 11) is 5.19. The van der Waals surface area contributed by atoms with Crippen LogP contribution in [-0.2, 0) is 11.3 Å². The minimum Gasteiger partial charge on any atom is -0.493 e. The van der Waals surface area contributed by atoms with Crippen LogP contribution < -0.4 is 14.8 Å². The number of rotatable bonds is 9. The molecule has 5 nitrogen and oxygen atoms in total. The average molecular weight is 308 g/mol. The van der Waals surface area contributed by atoms with E-state index < -0.39 is 0 Å². The number of nitrogens with one attached hydrogen (secondary N) is 1. The first kappa shape index (κ1) is 18.3. The van der Waals surface area contributed by atoms with Gasteiger partial charge in [-0.2, -0.15) is 0 Å². The van der Waals surface area contributed by atoms with Gasteiger partial charge in [0.1, 0.15) is 0 Å². The van der Waals surface area contributed by atoms with Gasteiger partial charge in [-0.15, -0.1) is 0 Å². The molecule has 22 heavy (non-hydrogen) atoms. The molecule has 0 fully saturated rings. The summed E-state index contributed by atoms with van der Waals surface area (Å²) in [6.45, 7) is 5.49. The van der Waals surface area contributed by atoms with Gasteiger partial charge in [-0.1, -0.05) is 19.4 Å². The van der Waals surface area contributed by atoms with Gasteiger partial charge in [0, 0.05) is 6.54 Å². The summed E-state index contributed by atoms with van der Waals surface area (Å²) < 4.78 is 10.5. The van der Waals surface area contributed by atoms with Crippen molar-refractivity contribution in [1.29, 1.82) is 0 Å². The van der Waals surface area contributed by atoms with Crippen molar-refractivity contribution in [2.24, 2.45) is 0 Å². The highest BCUT2D eigenvalue weighted by atomic mass is 16.5. The summed E-state index contributed by atoms with van der Waals surface area (Å²) >= 11 is 0. The number of unbranched alkanes of at least 4 members (excludes halogenated alkanes) is 1. The Hall–Kier alpha value is -1.75. The van der Waals surface area contributed by atoms with Crippen molar-refractivity contribution < 1.29 is 14.3 Å². The molecular weight excluding hydrogens is 280 g/mol. The predicted octanol–water partition coefficient (Wildman–Crippen LogP) is 2.44. The molecule has 0 spiro atoms. The molecule has 1 aromatic rings. The number of nitrogens with zero attached hydrogens (tertiary/aromatic N) is 1. The Balaban J connectivity index is 2.56. The Morgan fingerprint density at radius 1 is 1.27 bits per heavy atom. The van der Waals surface area contributed by atoms with Crippen LogP contribution in [0, 0.1) is 0 Å². The monoisotopic (exact) mass is 308 g/mol. The van der Waals surface area contributed by atoms with E-state index in [1.165, 1.54) is 0 Å². The summed E-state index contributed by atoms with van der Waals surface area (Å²) in [5.41, 5.74) is 0.981. The van der Waals surface area contributed by atoms with E-state index >= 15 is 0 Å². The van der Waals surface area contributed by atoms with Gasteiger partial charge < -0.3 is 14.8 Å². The molecule has 1 aromatic carbocycles. The summed E-state index contributed by atoms with van der Waals surface area (Å²) in [4.78, 5) is 14.3. The van der Waals surface area contributed by atoms with Gasteiger partial charge in [0.15, 0.2) is 11.5 Å². The molecule has 0 radical (unpaired) electrons. The SMILES string of the molecule is CCCCN(C)C(C)C(=O)NCc1ccc(OC)c(OC)c1. The van der Waals surface area contributed by atoms with Crippen molar-refractivity contribution in [3.05, 3.63) is 23.8 Å². The second-order valence-electron chi connectivity index (χ2n) is 5.42. The van der Waals surface area contributed by atoms with E-state index in [-0.39, 0.29) is 11.9 Å². The molecule has 0 aliphatic heterocycles. The van der Waals surface area contributed by atoms with E-state index in [9.17, 15) is 4.79 Å². The fourth-order valence-electron chi connectivity index (χ4n) is 2.13. The van der Waals surface area contributed by atoms with Crippen LogP contribution >= 0.6 is 0 Å². The first-order chi connectivity index (χ1) is 10.5. The standard InChI is InChI=1S/C17H28N2O3/c1-6-7-10-19(3)13(2)17(20)18-12-14-8-9-15(21-4)16(11-14)22-5/h8-9,11,13H,6-7,10,12H2,1-5H3,(H,18,20). The summed E-state index contributed by atoms with van der Waals surface area (Å²) in [5, 5.41) is 2.97. The van der Waals surface area contributed by atoms with Gasteiger partial charge in [0.2, 0.25) is 5.91 Å². The van der Waals surface area contributed by atoms with Gasteiger partial charge in [-0.05, 0) is 44.6 Å². The van der Waals surface area contributed by atoms with Crippen molar-refractivity contribution in [1.82, 2.24) is 10.2 Å². The van der Waals surface area contributed by atoms with E-state index in [2.05, 4.69) is 17.1 Å². The summed E-state index contributed by atoms with van der Waals surface area (Å²) in [5.74, 6) is 1.39. The lowest BCUT2D eigenvalue weighted by atomic mass is 10.2. The van der Waals surface area contributed by atoms with Crippen molar-refractivity contribution in [3.63, 3.8) is 0 Å². The molecule has 5 heteroatoms. The zero-order valence-electron chi connectivity index (χ0n) is 14.3. The molecule has 0 aromatic heterocycles. The number of likely N-dealkylation sites (N-methyl/N-ethyl adjacent to an activating group) is 1. The quantitative estimate of drug-likeness (QED) is 0.761. The highest BCUT2D eigenvalue weighted by Crippen LogP contribution is 2.27. The third-order valence-corrected chi connectivity index (χ3v) is 3.82. The van der Waals surface area contributed by atoms with Crippen LogP contribution in [0.2, 0.25) is 0 Å². The van der Waals surface area contributed by atoms with Gasteiger partial charge in [-0.25, -0.2) is 0 Å². The molecular formula is C17H28N2O3. The van der Waals surface area contributed by atoms with Crippen LogP contribution in [-0.4, -0.2) is 44.7 Å². The lowest BCUT2D eigenvalue weighted by molar-refractivity contribution is -0.125. The minimum absolute atomic E-state index is 0.0355. The van der Waals surface area contributed by atoms with E-state index in [1.54, 1.807) is 14.2 Å². The maximum Gasteiger partial charge on any atom is 0.237 e. The fourth-order valence-corrected chi connectivity index (χ4v) is 2.13. The number of carbonyl (C=O) groups is 1. The minimum atomic E-state index is -0.133. The molecule has 0 aliphatic carbocycles. The van der Waals surface area contributed by atoms with E-state index in [1.807, 2.05) is 32.2 Å². The molecule has 124 valence electrons. The van der Waals surface area contributed by atoms with Crippen LogP contribution in [0.1, 0.15) is 32.3 Å². The third-order valence-electron chi connectivity index (χ3n) is 3.82. The first-order valence-corrected chi connectivity index (χ1v) is 7.72. The van der Waals surface area contributed by atoms with Crippen molar-refractivity contribution >= 4 is 5.91 Å². The van der Waals surface area contributed by atoms with E-state index in [0.717, 1.165) is 24.9 Å². The van der Waals surface area contributed by atoms with Crippen LogP contribution in [0.3, 0.4) is 0 Å². The molecule has 0 bridgehead atoms. The predicted molar refractivity (Wildman–Crippen MR) is 88.4 cm³/mol. The zero-order chi connectivity index (χ0) is 16.5. The van der Waals surface area contributed by atoms with Crippen molar-refractivity contribution in [2.75, 3.05) is 27.8 Å². The number of carbonyl (C=O) groups excluding carboxylic acids is 1. The number of methoxy groups -OCH3 is 2. The van der Waals surface area contributed by atoms with Crippen LogP contribution in [0.4, 0.5) is 0 Å². The summed E-state index contributed by atoms with van der Waals surface area (Å²) in [6, 6.07) is 5.51. The second-order valence-corrected chi connectivity index (χ2v) is 5.42. The molecule has 1 amide bonds. The van der Waals surface area contributed by atoms with Crippen molar-refractivity contribution in [2.45, 2.75) is 39.3 Å². The Morgan fingerprint density at radius 3 is 2.55 bits per heavy atom. The Labute approximate surface area is 133 Å². The smallest absolute Gasteiger partial charge is 0.237 e. The van der Waals surface area contributed by atoms with Gasteiger partial charge >= 0.3 is 0 Å². The number of hydrogen-bond acceptors (Lipinski definition) is 4. The fraction of sp³-hybridized carbons (Fsp3) is 0.588. The average Bonchev–Trinajstić information content (AvgIpc) is 2.56. The van der Waals surface area contributed by atoms with Gasteiger partial charge in [-0.3, -0.25) is 9.69 Å².